The number of aryl methyl sites for hydroxylation is 1. The zero-order valence-electron chi connectivity index (χ0n) is 7.95. The Hall–Kier alpha value is -1.36. The maximum absolute atomic E-state index is 12.7. The monoisotopic (exact) mass is 226 g/mol. The van der Waals surface area contributed by atoms with E-state index in [1.165, 1.54) is 12.1 Å². The number of benzene rings is 1. The minimum absolute atomic E-state index is 0.0331. The van der Waals surface area contributed by atoms with Crippen LogP contribution in [0.15, 0.2) is 30.5 Å². The number of nitrogens with zero attached hydrogens (tertiary/aromatic N) is 2. The molecule has 2 nitrogen and oxygen atoms in total. The van der Waals surface area contributed by atoms with Gasteiger partial charge >= 0.3 is 0 Å². The van der Waals surface area contributed by atoms with E-state index in [1.807, 2.05) is 6.92 Å². The number of hydrogen-bond donors (Lipinski definition) is 0. The van der Waals surface area contributed by atoms with E-state index in [9.17, 15) is 8.28 Å². The largest absolute Gasteiger partial charge is 0.207 e. The Balaban J connectivity index is 2.44. The molecule has 0 N–H and O–H groups in total. The van der Waals surface area contributed by atoms with Crippen LogP contribution in [0.5, 0.6) is 0 Å². The molecule has 2 rings (SSSR count). The molecule has 0 amide bonds. The zero-order chi connectivity index (χ0) is 10.8. The van der Waals surface area contributed by atoms with Gasteiger partial charge in [-0.25, -0.2) is 4.39 Å². The molecule has 0 fully saturated rings. The average molecular weight is 226 g/mol. The van der Waals surface area contributed by atoms with Gasteiger partial charge in [-0.15, -0.1) is 3.89 Å². The van der Waals surface area contributed by atoms with Crippen molar-refractivity contribution in [1.29, 1.82) is 0 Å². The van der Waals surface area contributed by atoms with Gasteiger partial charge in [-0.3, -0.25) is 0 Å². The summed E-state index contributed by atoms with van der Waals surface area (Å²) in [4.78, 5) is 0. The number of rotatable bonds is 2. The first-order valence-electron chi connectivity index (χ1n) is 4.32. The molecule has 0 saturated heterocycles. The summed E-state index contributed by atoms with van der Waals surface area (Å²) in [5, 5.41) is 4.01. The van der Waals surface area contributed by atoms with Gasteiger partial charge in [0, 0.05) is 11.8 Å². The predicted molar refractivity (Wildman–Crippen MR) is 56.5 cm³/mol. The molecule has 0 aliphatic rings. The minimum atomic E-state index is -0.296. The molecule has 0 aliphatic carbocycles. The second kappa shape index (κ2) is 4.02. The predicted octanol–water partition coefficient (Wildman–Crippen LogP) is 3.38. The summed E-state index contributed by atoms with van der Waals surface area (Å²) in [7, 11) is 0. The standard InChI is InChI=1S/C10H8F2N2S/c1-7-6-14(15-12)13-10(7)8-2-4-9(11)5-3-8/h2-6H,1H3. The third-order valence-corrected chi connectivity index (χ3v) is 2.39. The lowest BCUT2D eigenvalue weighted by Crippen LogP contribution is -1.85. The highest BCUT2D eigenvalue weighted by Gasteiger charge is 2.07. The Morgan fingerprint density at radius 2 is 1.93 bits per heavy atom. The molecule has 1 heterocycles. The molecule has 0 unspecified atom stereocenters. The van der Waals surface area contributed by atoms with Gasteiger partial charge in [0.15, 0.2) is 12.3 Å². The summed E-state index contributed by atoms with van der Waals surface area (Å²) in [6.07, 6.45) is 1.59. The van der Waals surface area contributed by atoms with Crippen molar-refractivity contribution < 1.29 is 8.28 Å². The zero-order valence-corrected chi connectivity index (χ0v) is 8.76. The Morgan fingerprint density at radius 3 is 2.47 bits per heavy atom. The second-order valence-electron chi connectivity index (χ2n) is 3.14. The lowest BCUT2D eigenvalue weighted by molar-refractivity contribution is 0.628. The Kier molecular flexibility index (Phi) is 2.73. The van der Waals surface area contributed by atoms with E-state index < -0.39 is 0 Å². The summed E-state index contributed by atoms with van der Waals surface area (Å²) < 4.78 is 26.1. The smallest absolute Gasteiger partial charge is 0.187 e. The van der Waals surface area contributed by atoms with E-state index in [-0.39, 0.29) is 18.2 Å². The van der Waals surface area contributed by atoms with Crippen LogP contribution in [0.4, 0.5) is 8.28 Å². The van der Waals surface area contributed by atoms with Crippen LogP contribution in [-0.2, 0) is 0 Å². The van der Waals surface area contributed by atoms with Crippen molar-refractivity contribution in [2.75, 3.05) is 0 Å². The lowest BCUT2D eigenvalue weighted by Gasteiger charge is -1.97. The minimum Gasteiger partial charge on any atom is -0.207 e. The van der Waals surface area contributed by atoms with Crippen molar-refractivity contribution in [3.63, 3.8) is 0 Å². The maximum atomic E-state index is 12.7. The van der Waals surface area contributed by atoms with Crippen LogP contribution in [0.1, 0.15) is 5.56 Å². The molecule has 0 spiro atoms. The van der Waals surface area contributed by atoms with Crippen molar-refractivity contribution in [1.82, 2.24) is 9.19 Å². The van der Waals surface area contributed by atoms with Crippen LogP contribution in [0, 0.1) is 12.7 Å². The summed E-state index contributed by atoms with van der Waals surface area (Å²) >= 11 is 0.0331. The van der Waals surface area contributed by atoms with E-state index >= 15 is 0 Å². The first-order valence-corrected chi connectivity index (χ1v) is 4.99. The molecule has 1 aromatic carbocycles. The molecule has 0 atom stereocenters. The molecular formula is C10H8F2N2S. The fourth-order valence-electron chi connectivity index (χ4n) is 1.36. The van der Waals surface area contributed by atoms with Crippen LogP contribution < -0.4 is 0 Å². The molecule has 2 aromatic rings. The highest BCUT2D eigenvalue weighted by molar-refractivity contribution is 7.92. The number of halogens is 2. The molecular weight excluding hydrogens is 218 g/mol. The van der Waals surface area contributed by atoms with E-state index in [2.05, 4.69) is 5.10 Å². The van der Waals surface area contributed by atoms with Gasteiger partial charge in [0.2, 0.25) is 0 Å². The van der Waals surface area contributed by atoms with E-state index in [0.29, 0.717) is 5.69 Å². The lowest BCUT2D eigenvalue weighted by atomic mass is 10.1. The molecule has 78 valence electrons. The summed E-state index contributed by atoms with van der Waals surface area (Å²) in [6, 6.07) is 5.96. The van der Waals surface area contributed by atoms with Crippen LogP contribution in [-0.4, -0.2) is 9.19 Å². The summed E-state index contributed by atoms with van der Waals surface area (Å²) in [6.45, 7) is 1.83. The SMILES string of the molecule is Cc1cn(SF)nc1-c1ccc(F)cc1. The highest BCUT2D eigenvalue weighted by Crippen LogP contribution is 2.23. The number of aromatic nitrogens is 2. The van der Waals surface area contributed by atoms with Gasteiger partial charge in [-0.05, 0) is 36.8 Å². The number of hydrogen-bond acceptors (Lipinski definition) is 2. The Bertz CT molecular complexity index is 465. The average Bonchev–Trinajstić information content (AvgIpc) is 2.61. The fraction of sp³-hybridized carbons (Fsp3) is 0.100. The molecule has 5 heteroatoms. The van der Waals surface area contributed by atoms with Crippen LogP contribution >= 0.6 is 12.3 Å². The highest BCUT2D eigenvalue weighted by atomic mass is 32.2. The molecule has 0 bridgehead atoms. The first-order chi connectivity index (χ1) is 7.20. The summed E-state index contributed by atoms with van der Waals surface area (Å²) in [5.41, 5.74) is 2.30. The third-order valence-electron chi connectivity index (χ3n) is 2.06. The summed E-state index contributed by atoms with van der Waals surface area (Å²) in [5.74, 6) is -0.296. The van der Waals surface area contributed by atoms with E-state index in [4.69, 9.17) is 0 Å². The van der Waals surface area contributed by atoms with Crippen molar-refractivity contribution in [3.8, 4) is 11.3 Å². The van der Waals surface area contributed by atoms with Crippen molar-refractivity contribution in [2.45, 2.75) is 6.92 Å². The van der Waals surface area contributed by atoms with Crippen LogP contribution in [0.25, 0.3) is 11.3 Å². The van der Waals surface area contributed by atoms with Gasteiger partial charge in [-0.1, -0.05) is 0 Å². The van der Waals surface area contributed by atoms with Crippen molar-refractivity contribution in [2.24, 2.45) is 0 Å². The molecule has 0 saturated carbocycles. The van der Waals surface area contributed by atoms with E-state index in [0.717, 1.165) is 15.2 Å². The molecule has 15 heavy (non-hydrogen) atoms. The van der Waals surface area contributed by atoms with Gasteiger partial charge in [0.05, 0.1) is 5.69 Å². The molecule has 0 radical (unpaired) electrons. The van der Waals surface area contributed by atoms with Gasteiger partial charge in [0.1, 0.15) is 5.82 Å². The third kappa shape index (κ3) is 2.02. The van der Waals surface area contributed by atoms with Crippen LogP contribution in [0.2, 0.25) is 0 Å². The maximum Gasteiger partial charge on any atom is 0.187 e. The molecule has 1 aromatic heterocycles. The topological polar surface area (TPSA) is 17.8 Å². The van der Waals surface area contributed by atoms with Crippen molar-refractivity contribution >= 4 is 12.3 Å². The second-order valence-corrected chi connectivity index (χ2v) is 3.65. The Labute approximate surface area is 90.3 Å². The van der Waals surface area contributed by atoms with Gasteiger partial charge in [0.25, 0.3) is 0 Å². The fourth-order valence-corrected chi connectivity index (χ4v) is 1.67. The van der Waals surface area contributed by atoms with Crippen LogP contribution in [0.3, 0.4) is 0 Å². The van der Waals surface area contributed by atoms with Crippen molar-refractivity contribution in [3.05, 3.63) is 41.8 Å². The van der Waals surface area contributed by atoms with E-state index in [1.54, 1.807) is 18.3 Å². The van der Waals surface area contributed by atoms with Gasteiger partial charge in [-0.2, -0.15) is 9.19 Å². The normalized spacial score (nSPS) is 10.6. The molecule has 0 aliphatic heterocycles. The quantitative estimate of drug-likeness (QED) is 0.781. The van der Waals surface area contributed by atoms with Gasteiger partial charge < -0.3 is 0 Å². The Morgan fingerprint density at radius 1 is 1.27 bits per heavy atom. The first kappa shape index (κ1) is 10.2.